The standard InChI is InChI=1S/C15H24N2/c1-12(2)15-8-5-9-17(15)11-14-7-4-3-6-13(14)10-16/h3-4,6-7,12,15H,5,8-11,16H2,1-2H3. The fraction of sp³-hybridized carbons (Fsp3) is 0.600. The summed E-state index contributed by atoms with van der Waals surface area (Å²) in [6, 6.07) is 9.32. The second-order valence-electron chi connectivity index (χ2n) is 5.40. The van der Waals surface area contributed by atoms with Gasteiger partial charge in [0.2, 0.25) is 0 Å². The van der Waals surface area contributed by atoms with Crippen LogP contribution in [0.1, 0.15) is 37.8 Å². The fourth-order valence-corrected chi connectivity index (χ4v) is 2.93. The molecule has 17 heavy (non-hydrogen) atoms. The first-order chi connectivity index (χ1) is 8.22. The van der Waals surface area contributed by atoms with Crippen LogP contribution in [0.5, 0.6) is 0 Å². The molecule has 1 aromatic carbocycles. The predicted octanol–water partition coefficient (Wildman–Crippen LogP) is 2.77. The molecule has 0 aromatic heterocycles. The van der Waals surface area contributed by atoms with Crippen LogP contribution in [0.15, 0.2) is 24.3 Å². The van der Waals surface area contributed by atoms with Crippen molar-refractivity contribution in [2.45, 2.75) is 45.8 Å². The fourth-order valence-electron chi connectivity index (χ4n) is 2.93. The molecule has 1 heterocycles. The zero-order chi connectivity index (χ0) is 12.3. The molecule has 1 unspecified atom stereocenters. The summed E-state index contributed by atoms with van der Waals surface area (Å²) in [6.45, 7) is 7.62. The molecule has 1 fully saturated rings. The second-order valence-corrected chi connectivity index (χ2v) is 5.40. The van der Waals surface area contributed by atoms with E-state index in [9.17, 15) is 0 Å². The highest BCUT2D eigenvalue weighted by molar-refractivity contribution is 5.27. The highest BCUT2D eigenvalue weighted by Gasteiger charge is 2.27. The van der Waals surface area contributed by atoms with Crippen molar-refractivity contribution in [3.63, 3.8) is 0 Å². The van der Waals surface area contributed by atoms with E-state index in [0.29, 0.717) is 6.54 Å². The summed E-state index contributed by atoms with van der Waals surface area (Å²) in [6.07, 6.45) is 2.69. The Kier molecular flexibility index (Phi) is 4.19. The van der Waals surface area contributed by atoms with Crippen LogP contribution in [0.3, 0.4) is 0 Å². The van der Waals surface area contributed by atoms with E-state index in [0.717, 1.165) is 18.5 Å². The number of benzene rings is 1. The van der Waals surface area contributed by atoms with E-state index in [1.165, 1.54) is 30.5 Å². The summed E-state index contributed by atoms with van der Waals surface area (Å²) in [5, 5.41) is 0. The Labute approximate surface area is 105 Å². The normalized spacial score (nSPS) is 21.3. The minimum absolute atomic E-state index is 0.649. The third kappa shape index (κ3) is 2.88. The van der Waals surface area contributed by atoms with E-state index >= 15 is 0 Å². The molecule has 0 radical (unpaired) electrons. The van der Waals surface area contributed by atoms with Gasteiger partial charge in [0.05, 0.1) is 0 Å². The summed E-state index contributed by atoms with van der Waals surface area (Å²) in [5.74, 6) is 0.752. The van der Waals surface area contributed by atoms with Crippen LogP contribution >= 0.6 is 0 Å². The van der Waals surface area contributed by atoms with E-state index in [-0.39, 0.29) is 0 Å². The number of likely N-dealkylation sites (tertiary alicyclic amines) is 1. The molecule has 1 aromatic rings. The van der Waals surface area contributed by atoms with Gasteiger partial charge in [-0.2, -0.15) is 0 Å². The van der Waals surface area contributed by atoms with Gasteiger partial charge in [-0.25, -0.2) is 0 Å². The molecule has 0 bridgehead atoms. The maximum atomic E-state index is 5.80. The van der Waals surface area contributed by atoms with Crippen molar-refractivity contribution in [3.05, 3.63) is 35.4 Å². The van der Waals surface area contributed by atoms with Crippen molar-refractivity contribution in [1.29, 1.82) is 0 Å². The first-order valence-corrected chi connectivity index (χ1v) is 6.73. The average molecular weight is 232 g/mol. The molecule has 2 heteroatoms. The molecule has 1 saturated heterocycles. The zero-order valence-corrected chi connectivity index (χ0v) is 11.0. The van der Waals surface area contributed by atoms with Crippen molar-refractivity contribution in [2.75, 3.05) is 6.54 Å². The molecule has 94 valence electrons. The molecule has 0 aliphatic carbocycles. The Morgan fingerprint density at radius 2 is 2.00 bits per heavy atom. The maximum absolute atomic E-state index is 5.80. The number of hydrogen-bond acceptors (Lipinski definition) is 2. The van der Waals surface area contributed by atoms with Gasteiger partial charge in [-0.1, -0.05) is 38.1 Å². The van der Waals surface area contributed by atoms with Gasteiger partial charge >= 0.3 is 0 Å². The van der Waals surface area contributed by atoms with Crippen molar-refractivity contribution < 1.29 is 0 Å². The van der Waals surface area contributed by atoms with Gasteiger partial charge in [0, 0.05) is 19.1 Å². The summed E-state index contributed by atoms with van der Waals surface area (Å²) < 4.78 is 0. The molecular weight excluding hydrogens is 208 g/mol. The van der Waals surface area contributed by atoms with Crippen molar-refractivity contribution in [1.82, 2.24) is 4.90 Å². The molecule has 2 nitrogen and oxygen atoms in total. The number of nitrogens with zero attached hydrogens (tertiary/aromatic N) is 1. The lowest BCUT2D eigenvalue weighted by Gasteiger charge is -2.28. The Balaban J connectivity index is 2.09. The van der Waals surface area contributed by atoms with E-state index in [2.05, 4.69) is 43.0 Å². The van der Waals surface area contributed by atoms with Gasteiger partial charge in [0.25, 0.3) is 0 Å². The summed E-state index contributed by atoms with van der Waals surface area (Å²) in [7, 11) is 0. The SMILES string of the molecule is CC(C)C1CCCN1Cc1ccccc1CN. The summed E-state index contributed by atoms with van der Waals surface area (Å²) >= 11 is 0. The Morgan fingerprint density at radius 3 is 2.65 bits per heavy atom. The lowest BCUT2D eigenvalue weighted by Crippen LogP contribution is -2.33. The van der Waals surface area contributed by atoms with Crippen molar-refractivity contribution in [2.24, 2.45) is 11.7 Å². The van der Waals surface area contributed by atoms with E-state index < -0.39 is 0 Å². The van der Waals surface area contributed by atoms with Crippen LogP contribution in [-0.2, 0) is 13.1 Å². The smallest absolute Gasteiger partial charge is 0.0240 e. The van der Waals surface area contributed by atoms with Crippen LogP contribution in [0.25, 0.3) is 0 Å². The topological polar surface area (TPSA) is 29.3 Å². The minimum Gasteiger partial charge on any atom is -0.326 e. The molecular formula is C15H24N2. The number of nitrogens with two attached hydrogens (primary N) is 1. The van der Waals surface area contributed by atoms with Crippen LogP contribution in [-0.4, -0.2) is 17.5 Å². The van der Waals surface area contributed by atoms with Crippen LogP contribution in [0, 0.1) is 5.92 Å². The third-order valence-electron chi connectivity index (χ3n) is 3.90. The van der Waals surface area contributed by atoms with Gasteiger partial charge < -0.3 is 5.73 Å². The quantitative estimate of drug-likeness (QED) is 0.865. The molecule has 2 rings (SSSR count). The zero-order valence-electron chi connectivity index (χ0n) is 11.0. The van der Waals surface area contributed by atoms with Crippen LogP contribution in [0.4, 0.5) is 0 Å². The molecule has 1 atom stereocenters. The summed E-state index contributed by atoms with van der Waals surface area (Å²) in [5.41, 5.74) is 8.50. The average Bonchev–Trinajstić information content (AvgIpc) is 2.78. The molecule has 1 aliphatic rings. The van der Waals surface area contributed by atoms with Gasteiger partial charge in [0.15, 0.2) is 0 Å². The third-order valence-corrected chi connectivity index (χ3v) is 3.90. The molecule has 0 amide bonds. The van der Waals surface area contributed by atoms with Gasteiger partial charge in [-0.05, 0) is 36.4 Å². The lowest BCUT2D eigenvalue weighted by atomic mass is 10.0. The highest BCUT2D eigenvalue weighted by atomic mass is 15.2. The van der Waals surface area contributed by atoms with E-state index in [4.69, 9.17) is 5.73 Å². The van der Waals surface area contributed by atoms with Crippen molar-refractivity contribution in [3.8, 4) is 0 Å². The van der Waals surface area contributed by atoms with Gasteiger partial charge in [0.1, 0.15) is 0 Å². The molecule has 0 saturated carbocycles. The van der Waals surface area contributed by atoms with E-state index in [1.54, 1.807) is 0 Å². The molecule has 0 spiro atoms. The lowest BCUT2D eigenvalue weighted by molar-refractivity contribution is 0.198. The monoisotopic (exact) mass is 232 g/mol. The molecule has 2 N–H and O–H groups in total. The second kappa shape index (κ2) is 5.65. The Bertz CT molecular complexity index is 360. The Morgan fingerprint density at radius 1 is 1.29 bits per heavy atom. The van der Waals surface area contributed by atoms with Crippen LogP contribution < -0.4 is 5.73 Å². The predicted molar refractivity (Wildman–Crippen MR) is 72.6 cm³/mol. The van der Waals surface area contributed by atoms with E-state index in [1.807, 2.05) is 0 Å². The summed E-state index contributed by atoms with van der Waals surface area (Å²) in [4.78, 5) is 2.62. The largest absolute Gasteiger partial charge is 0.326 e. The first-order valence-electron chi connectivity index (χ1n) is 6.73. The minimum atomic E-state index is 0.649. The van der Waals surface area contributed by atoms with Crippen LogP contribution in [0.2, 0.25) is 0 Å². The first kappa shape index (κ1) is 12.6. The number of hydrogen-bond donors (Lipinski definition) is 1. The number of rotatable bonds is 4. The Hall–Kier alpha value is -0.860. The maximum Gasteiger partial charge on any atom is 0.0240 e. The van der Waals surface area contributed by atoms with Gasteiger partial charge in [-0.3, -0.25) is 4.90 Å². The highest BCUT2D eigenvalue weighted by Crippen LogP contribution is 2.26. The molecule has 1 aliphatic heterocycles. The van der Waals surface area contributed by atoms with Crippen molar-refractivity contribution >= 4 is 0 Å². The van der Waals surface area contributed by atoms with Gasteiger partial charge in [-0.15, -0.1) is 0 Å².